The molecule has 0 aromatic heterocycles. The molecule has 0 aliphatic heterocycles. The monoisotopic (exact) mass is 369 g/mol. The van der Waals surface area contributed by atoms with Gasteiger partial charge >= 0.3 is 0 Å². The Kier molecular flexibility index (Phi) is 5.34. The molecule has 128 valence electrons. The summed E-state index contributed by atoms with van der Waals surface area (Å²) in [5, 5.41) is 7.41. The van der Waals surface area contributed by atoms with Crippen molar-refractivity contribution in [2.75, 3.05) is 11.9 Å². The second kappa shape index (κ2) is 7.09. The summed E-state index contributed by atoms with van der Waals surface area (Å²) in [7, 11) is -7.59. The number of primary sulfonamides is 1. The molecule has 0 fully saturated rings. The van der Waals surface area contributed by atoms with E-state index < -0.39 is 32.5 Å². The molecule has 2 aromatic rings. The molecule has 2 rings (SSSR count). The number of benzene rings is 2. The Labute approximate surface area is 139 Å². The van der Waals surface area contributed by atoms with Crippen LogP contribution in [0, 0.1) is 0 Å². The molecule has 0 atom stereocenters. The smallest absolute Gasteiger partial charge is 0.241 e. The van der Waals surface area contributed by atoms with Crippen molar-refractivity contribution in [1.29, 1.82) is 0 Å². The second-order valence-corrected chi connectivity index (χ2v) is 8.08. The van der Waals surface area contributed by atoms with Crippen LogP contribution in [-0.2, 0) is 24.8 Å². The zero-order chi connectivity index (χ0) is 17.8. The van der Waals surface area contributed by atoms with Crippen molar-refractivity contribution in [3.8, 4) is 0 Å². The van der Waals surface area contributed by atoms with Gasteiger partial charge in [-0.05, 0) is 36.4 Å². The lowest BCUT2D eigenvalue weighted by molar-refractivity contribution is -0.115. The number of hydrogen-bond donors (Lipinski definition) is 3. The molecule has 2 aromatic carbocycles. The molecule has 0 saturated carbocycles. The van der Waals surface area contributed by atoms with Gasteiger partial charge in [-0.3, -0.25) is 4.79 Å². The van der Waals surface area contributed by atoms with E-state index in [0.717, 1.165) is 0 Å². The highest BCUT2D eigenvalue weighted by atomic mass is 32.2. The highest BCUT2D eigenvalue weighted by Gasteiger charge is 2.15. The van der Waals surface area contributed by atoms with Gasteiger partial charge in [-0.25, -0.2) is 26.7 Å². The van der Waals surface area contributed by atoms with Crippen LogP contribution >= 0.6 is 0 Å². The molecule has 0 bridgehead atoms. The van der Waals surface area contributed by atoms with E-state index >= 15 is 0 Å². The van der Waals surface area contributed by atoms with Crippen LogP contribution in [0.2, 0.25) is 0 Å². The maximum atomic E-state index is 12.0. The van der Waals surface area contributed by atoms with Crippen LogP contribution in [0.1, 0.15) is 0 Å². The zero-order valence-electron chi connectivity index (χ0n) is 12.3. The largest absolute Gasteiger partial charge is 0.325 e. The van der Waals surface area contributed by atoms with Crippen molar-refractivity contribution in [3.05, 3.63) is 54.6 Å². The van der Waals surface area contributed by atoms with E-state index in [1.165, 1.54) is 36.4 Å². The topological polar surface area (TPSA) is 135 Å². The molecular formula is C14H15N3O5S2. The van der Waals surface area contributed by atoms with Gasteiger partial charge in [0.2, 0.25) is 26.0 Å². The number of hydrogen-bond acceptors (Lipinski definition) is 5. The molecule has 0 heterocycles. The van der Waals surface area contributed by atoms with Gasteiger partial charge in [-0.1, -0.05) is 18.2 Å². The number of nitrogens with two attached hydrogens (primary N) is 1. The Morgan fingerprint density at radius 2 is 1.46 bits per heavy atom. The molecule has 0 spiro atoms. The lowest BCUT2D eigenvalue weighted by Gasteiger charge is -2.08. The van der Waals surface area contributed by atoms with E-state index in [1.807, 2.05) is 0 Å². The lowest BCUT2D eigenvalue weighted by Crippen LogP contribution is -2.32. The summed E-state index contributed by atoms with van der Waals surface area (Å²) in [4.78, 5) is 11.8. The first-order chi connectivity index (χ1) is 11.2. The fraction of sp³-hybridized carbons (Fsp3) is 0.0714. The summed E-state index contributed by atoms with van der Waals surface area (Å²) in [6.45, 7) is -0.464. The van der Waals surface area contributed by atoms with Crippen LogP contribution in [0.5, 0.6) is 0 Å². The SMILES string of the molecule is NS(=O)(=O)c1ccc(NC(=O)CNS(=O)(=O)c2ccccc2)cc1. The molecule has 0 aliphatic carbocycles. The minimum atomic E-state index is -3.81. The van der Waals surface area contributed by atoms with Gasteiger partial charge in [-0.15, -0.1) is 0 Å². The summed E-state index contributed by atoms with van der Waals surface area (Å²) in [5.41, 5.74) is 0.311. The van der Waals surface area contributed by atoms with Gasteiger partial charge in [0.15, 0.2) is 0 Å². The van der Waals surface area contributed by atoms with Crippen molar-refractivity contribution in [2.24, 2.45) is 5.14 Å². The molecule has 0 unspecified atom stereocenters. The predicted octanol–water partition coefficient (Wildman–Crippen LogP) is 0.251. The normalized spacial score (nSPS) is 11.9. The number of rotatable bonds is 6. The number of amides is 1. The summed E-state index contributed by atoms with van der Waals surface area (Å²) in [6, 6.07) is 12.8. The van der Waals surface area contributed by atoms with Crippen LogP contribution in [0.15, 0.2) is 64.4 Å². The van der Waals surface area contributed by atoms with E-state index in [4.69, 9.17) is 5.14 Å². The van der Waals surface area contributed by atoms with Gasteiger partial charge in [0.05, 0.1) is 16.3 Å². The Morgan fingerprint density at radius 3 is 2.00 bits per heavy atom. The van der Waals surface area contributed by atoms with Crippen LogP contribution in [0.25, 0.3) is 0 Å². The van der Waals surface area contributed by atoms with E-state index in [2.05, 4.69) is 10.0 Å². The Balaban J connectivity index is 1.97. The van der Waals surface area contributed by atoms with Crippen molar-refractivity contribution >= 4 is 31.6 Å². The van der Waals surface area contributed by atoms with E-state index in [1.54, 1.807) is 18.2 Å². The number of carbonyl (C=O) groups excluding carboxylic acids is 1. The van der Waals surface area contributed by atoms with Crippen molar-refractivity contribution in [1.82, 2.24) is 4.72 Å². The number of carbonyl (C=O) groups is 1. The van der Waals surface area contributed by atoms with Gasteiger partial charge in [-0.2, -0.15) is 0 Å². The Hall–Kier alpha value is -2.27. The molecule has 8 nitrogen and oxygen atoms in total. The maximum Gasteiger partial charge on any atom is 0.241 e. The number of anilines is 1. The summed E-state index contributed by atoms with van der Waals surface area (Å²) in [6.07, 6.45) is 0. The number of nitrogens with one attached hydrogen (secondary N) is 2. The number of sulfonamides is 2. The fourth-order valence-corrected chi connectivity index (χ4v) is 3.30. The minimum absolute atomic E-state index is 0.0512. The lowest BCUT2D eigenvalue weighted by atomic mass is 10.3. The quantitative estimate of drug-likeness (QED) is 0.671. The third-order valence-electron chi connectivity index (χ3n) is 2.94. The van der Waals surface area contributed by atoms with Gasteiger partial charge in [0.25, 0.3) is 0 Å². The predicted molar refractivity (Wildman–Crippen MR) is 88.1 cm³/mol. The highest BCUT2D eigenvalue weighted by Crippen LogP contribution is 2.12. The summed E-state index contributed by atoms with van der Waals surface area (Å²) in [5.74, 6) is -0.599. The maximum absolute atomic E-state index is 12.0. The Bertz CT molecular complexity index is 924. The summed E-state index contributed by atoms with van der Waals surface area (Å²) < 4.78 is 48.4. The van der Waals surface area contributed by atoms with Crippen molar-refractivity contribution in [2.45, 2.75) is 9.79 Å². The van der Waals surface area contributed by atoms with Gasteiger partial charge < -0.3 is 5.32 Å². The first kappa shape index (κ1) is 18.1. The molecule has 10 heteroatoms. The molecule has 0 saturated heterocycles. The van der Waals surface area contributed by atoms with Crippen LogP contribution in [0.3, 0.4) is 0 Å². The van der Waals surface area contributed by atoms with Crippen molar-refractivity contribution in [3.63, 3.8) is 0 Å². The molecular weight excluding hydrogens is 354 g/mol. The third-order valence-corrected chi connectivity index (χ3v) is 5.29. The molecule has 24 heavy (non-hydrogen) atoms. The molecule has 0 aliphatic rings. The fourth-order valence-electron chi connectivity index (χ4n) is 1.78. The Morgan fingerprint density at radius 1 is 0.875 bits per heavy atom. The van der Waals surface area contributed by atoms with E-state index in [-0.39, 0.29) is 9.79 Å². The summed E-state index contributed by atoms with van der Waals surface area (Å²) >= 11 is 0. The van der Waals surface area contributed by atoms with Gasteiger partial charge in [0.1, 0.15) is 0 Å². The zero-order valence-corrected chi connectivity index (χ0v) is 14.0. The standard InChI is InChI=1S/C14H15N3O5S2/c15-23(19,20)12-8-6-11(7-9-12)17-14(18)10-16-24(21,22)13-4-2-1-3-5-13/h1-9,16H,10H2,(H,17,18)(H2,15,19,20). The molecule has 4 N–H and O–H groups in total. The van der Waals surface area contributed by atoms with Gasteiger partial charge in [0, 0.05) is 5.69 Å². The molecule has 1 amide bonds. The molecule has 0 radical (unpaired) electrons. The first-order valence-electron chi connectivity index (χ1n) is 6.66. The van der Waals surface area contributed by atoms with Crippen LogP contribution in [0.4, 0.5) is 5.69 Å². The van der Waals surface area contributed by atoms with E-state index in [9.17, 15) is 21.6 Å². The van der Waals surface area contributed by atoms with Crippen LogP contribution in [-0.4, -0.2) is 29.3 Å². The van der Waals surface area contributed by atoms with Crippen LogP contribution < -0.4 is 15.2 Å². The second-order valence-electron chi connectivity index (χ2n) is 4.76. The van der Waals surface area contributed by atoms with E-state index in [0.29, 0.717) is 5.69 Å². The third kappa shape index (κ3) is 4.86. The van der Waals surface area contributed by atoms with Crippen molar-refractivity contribution < 1.29 is 21.6 Å². The minimum Gasteiger partial charge on any atom is -0.325 e. The first-order valence-corrected chi connectivity index (χ1v) is 9.69. The highest BCUT2D eigenvalue weighted by molar-refractivity contribution is 7.89. The average molecular weight is 369 g/mol. The average Bonchev–Trinajstić information content (AvgIpc) is 2.54.